The summed E-state index contributed by atoms with van der Waals surface area (Å²) >= 11 is 1.65. The molecule has 1 aliphatic rings. The summed E-state index contributed by atoms with van der Waals surface area (Å²) in [5, 5.41) is 8.09. The number of thiophene rings is 1. The van der Waals surface area contributed by atoms with Crippen LogP contribution in [0.4, 0.5) is 14.6 Å². The number of halogens is 2. The van der Waals surface area contributed by atoms with Crippen molar-refractivity contribution in [3.8, 4) is 11.3 Å². The first-order valence-corrected chi connectivity index (χ1v) is 10.7. The smallest absolute Gasteiger partial charge is 0.248 e. The van der Waals surface area contributed by atoms with E-state index in [2.05, 4.69) is 22.1 Å². The Bertz CT molecular complexity index is 1030. The number of hydrogen-bond acceptors (Lipinski definition) is 6. The van der Waals surface area contributed by atoms with Crippen molar-refractivity contribution in [1.29, 1.82) is 0 Å². The summed E-state index contributed by atoms with van der Waals surface area (Å²) in [5.41, 5.74) is 8.37. The van der Waals surface area contributed by atoms with Crippen molar-refractivity contribution in [3.05, 3.63) is 40.9 Å². The monoisotopic (exact) mass is 432 g/mol. The normalized spacial score (nSPS) is 16.6. The van der Waals surface area contributed by atoms with Crippen LogP contribution in [0.1, 0.15) is 36.1 Å². The lowest BCUT2D eigenvalue weighted by atomic mass is 9.84. The van der Waals surface area contributed by atoms with Crippen LogP contribution < -0.4 is 5.73 Å². The molecule has 4 rings (SSSR count). The molecule has 3 N–H and O–H groups in total. The Hall–Kier alpha value is -2.45. The lowest BCUT2D eigenvalue weighted by Crippen LogP contribution is -2.25. The van der Waals surface area contributed by atoms with Gasteiger partial charge < -0.3 is 10.8 Å². The van der Waals surface area contributed by atoms with Gasteiger partial charge in [0.15, 0.2) is 0 Å². The maximum absolute atomic E-state index is 13.4. The fourth-order valence-electron chi connectivity index (χ4n) is 3.69. The van der Waals surface area contributed by atoms with Crippen LogP contribution >= 0.6 is 11.3 Å². The van der Waals surface area contributed by atoms with Crippen molar-refractivity contribution in [3.63, 3.8) is 0 Å². The molecule has 1 saturated carbocycles. The molecule has 0 aliphatic heterocycles. The lowest BCUT2D eigenvalue weighted by molar-refractivity contribution is -0.0455. The van der Waals surface area contributed by atoms with Gasteiger partial charge in [-0.3, -0.25) is 4.99 Å². The third kappa shape index (κ3) is 5.17. The van der Waals surface area contributed by atoms with Gasteiger partial charge in [-0.15, -0.1) is 11.3 Å². The van der Waals surface area contributed by atoms with Crippen LogP contribution in [0.3, 0.4) is 0 Å². The standard InChI is InChI=1S/C21H22F2N4S.CH4O/c1-25-11-16-9-15(12-26-19(16)24)18-3-2-14-10-17(28-20(14)27-18)8-13-4-6-21(22,23)7-5-13;1-2/h2-3,9-13H,4-8H2,1H3,(H2,24,26);2H,1H3. The highest BCUT2D eigenvalue weighted by Gasteiger charge is 2.34. The number of nitrogens with two attached hydrogens (primary N) is 1. The average molecular weight is 433 g/mol. The Morgan fingerprint density at radius 2 is 2.00 bits per heavy atom. The van der Waals surface area contributed by atoms with Crippen molar-refractivity contribution in [2.45, 2.75) is 38.0 Å². The number of anilines is 1. The van der Waals surface area contributed by atoms with Gasteiger partial charge in [-0.25, -0.2) is 18.7 Å². The van der Waals surface area contributed by atoms with E-state index >= 15 is 0 Å². The molecular weight excluding hydrogens is 406 g/mol. The van der Waals surface area contributed by atoms with E-state index in [0.29, 0.717) is 24.6 Å². The molecule has 1 aliphatic carbocycles. The van der Waals surface area contributed by atoms with Crippen LogP contribution in [-0.2, 0) is 6.42 Å². The Balaban J connectivity index is 0.00000124. The summed E-state index contributed by atoms with van der Waals surface area (Å²) in [4.78, 5) is 15.2. The number of fused-ring (bicyclic) bond motifs is 1. The number of aromatic nitrogens is 2. The molecule has 3 heterocycles. The van der Waals surface area contributed by atoms with E-state index < -0.39 is 5.92 Å². The number of aliphatic hydroxyl groups excluding tert-OH is 1. The molecule has 160 valence electrons. The number of hydrogen-bond donors (Lipinski definition) is 2. The van der Waals surface area contributed by atoms with Crippen LogP contribution in [0.2, 0.25) is 0 Å². The van der Waals surface area contributed by atoms with Gasteiger partial charge in [0.1, 0.15) is 10.6 Å². The number of aliphatic hydroxyl groups is 1. The van der Waals surface area contributed by atoms with Crippen molar-refractivity contribution >= 4 is 33.6 Å². The molecule has 30 heavy (non-hydrogen) atoms. The third-order valence-electron chi connectivity index (χ3n) is 5.27. The van der Waals surface area contributed by atoms with E-state index in [1.165, 1.54) is 4.88 Å². The van der Waals surface area contributed by atoms with E-state index in [-0.39, 0.29) is 12.8 Å². The van der Waals surface area contributed by atoms with Crippen LogP contribution in [0.5, 0.6) is 0 Å². The van der Waals surface area contributed by atoms with Crippen molar-refractivity contribution in [2.75, 3.05) is 19.9 Å². The van der Waals surface area contributed by atoms with Gasteiger partial charge in [-0.05, 0) is 49.4 Å². The fraction of sp³-hybridized carbons (Fsp3) is 0.409. The van der Waals surface area contributed by atoms with Crippen molar-refractivity contribution in [1.82, 2.24) is 9.97 Å². The summed E-state index contributed by atoms with van der Waals surface area (Å²) in [6, 6.07) is 8.09. The quantitative estimate of drug-likeness (QED) is 0.571. The van der Waals surface area contributed by atoms with Crippen LogP contribution in [0.25, 0.3) is 21.5 Å². The molecular formula is C22H26F2N4OS. The third-order valence-corrected chi connectivity index (χ3v) is 6.34. The molecule has 0 radical (unpaired) electrons. The van der Waals surface area contributed by atoms with Gasteiger partial charge in [0.05, 0.1) is 5.69 Å². The lowest BCUT2D eigenvalue weighted by Gasteiger charge is -2.27. The molecule has 0 spiro atoms. The zero-order valence-corrected chi connectivity index (χ0v) is 17.9. The largest absolute Gasteiger partial charge is 0.400 e. The highest BCUT2D eigenvalue weighted by atomic mass is 32.1. The van der Waals surface area contributed by atoms with Gasteiger partial charge in [-0.1, -0.05) is 0 Å². The summed E-state index contributed by atoms with van der Waals surface area (Å²) in [7, 11) is 2.69. The highest BCUT2D eigenvalue weighted by molar-refractivity contribution is 7.18. The van der Waals surface area contributed by atoms with Crippen molar-refractivity contribution < 1.29 is 13.9 Å². The summed E-state index contributed by atoms with van der Waals surface area (Å²) in [6.07, 6.45) is 5.47. The van der Waals surface area contributed by atoms with E-state index in [1.807, 2.05) is 12.1 Å². The van der Waals surface area contributed by atoms with E-state index in [0.717, 1.165) is 40.6 Å². The van der Waals surface area contributed by atoms with E-state index in [9.17, 15) is 8.78 Å². The number of aliphatic imine (C=N–C) groups is 1. The number of pyridine rings is 2. The van der Waals surface area contributed by atoms with Crippen LogP contribution in [-0.4, -0.2) is 41.4 Å². The fourth-order valence-corrected chi connectivity index (χ4v) is 4.84. The van der Waals surface area contributed by atoms with Crippen LogP contribution in [0.15, 0.2) is 35.5 Å². The highest BCUT2D eigenvalue weighted by Crippen LogP contribution is 2.39. The second kappa shape index (κ2) is 9.57. The van der Waals surface area contributed by atoms with Crippen molar-refractivity contribution in [2.24, 2.45) is 10.9 Å². The van der Waals surface area contributed by atoms with E-state index in [4.69, 9.17) is 15.8 Å². The van der Waals surface area contributed by atoms with Gasteiger partial charge >= 0.3 is 0 Å². The molecule has 0 atom stereocenters. The Labute approximate surface area is 178 Å². The Morgan fingerprint density at radius 1 is 1.27 bits per heavy atom. The van der Waals surface area contributed by atoms with Crippen LogP contribution in [0, 0.1) is 5.92 Å². The molecule has 0 saturated heterocycles. The zero-order valence-electron chi connectivity index (χ0n) is 17.1. The molecule has 0 bridgehead atoms. The topological polar surface area (TPSA) is 84.4 Å². The van der Waals surface area contributed by atoms with Gasteiger partial charge in [-0.2, -0.15) is 0 Å². The van der Waals surface area contributed by atoms with Gasteiger partial charge in [0, 0.05) is 60.8 Å². The molecule has 0 amide bonds. The molecule has 0 aromatic carbocycles. The Morgan fingerprint density at radius 3 is 2.70 bits per heavy atom. The first-order valence-electron chi connectivity index (χ1n) is 9.83. The molecule has 3 aromatic heterocycles. The average Bonchev–Trinajstić information content (AvgIpc) is 3.14. The number of alkyl halides is 2. The molecule has 8 heteroatoms. The Kier molecular flexibility index (Phi) is 7.10. The number of nitrogen functional groups attached to an aromatic ring is 1. The maximum Gasteiger partial charge on any atom is 0.248 e. The molecule has 5 nitrogen and oxygen atoms in total. The SMILES string of the molecule is CN=Cc1cc(-c2ccc3cc(CC4CCC(F)(F)CC4)sc3n2)cnc1N.CO. The second-order valence-electron chi connectivity index (χ2n) is 7.39. The summed E-state index contributed by atoms with van der Waals surface area (Å²) in [5.74, 6) is -1.70. The first kappa shape index (κ1) is 22.2. The minimum absolute atomic E-state index is 0.0124. The predicted molar refractivity (Wildman–Crippen MR) is 120 cm³/mol. The molecule has 3 aromatic rings. The molecule has 1 fully saturated rings. The number of rotatable bonds is 4. The maximum atomic E-state index is 13.4. The summed E-state index contributed by atoms with van der Waals surface area (Å²) < 4.78 is 26.7. The predicted octanol–water partition coefficient (Wildman–Crippen LogP) is 4.97. The minimum Gasteiger partial charge on any atom is -0.400 e. The zero-order chi connectivity index (χ0) is 21.7. The first-order chi connectivity index (χ1) is 14.4. The van der Waals surface area contributed by atoms with Gasteiger partial charge in [0.2, 0.25) is 5.92 Å². The van der Waals surface area contributed by atoms with Gasteiger partial charge in [0.25, 0.3) is 0 Å². The van der Waals surface area contributed by atoms with E-state index in [1.54, 1.807) is 30.8 Å². The molecule has 0 unspecified atom stereocenters. The minimum atomic E-state index is -2.47. The second-order valence-corrected chi connectivity index (χ2v) is 8.51. The number of nitrogens with zero attached hydrogens (tertiary/aromatic N) is 3. The summed E-state index contributed by atoms with van der Waals surface area (Å²) in [6.45, 7) is 0.